The maximum absolute atomic E-state index is 13.0. The zero-order valence-electron chi connectivity index (χ0n) is 16.8. The third kappa shape index (κ3) is 3.20. The van der Waals surface area contributed by atoms with E-state index in [-0.39, 0.29) is 5.91 Å². The quantitative estimate of drug-likeness (QED) is 0.445. The summed E-state index contributed by atoms with van der Waals surface area (Å²) in [5.74, 6) is -0.142. The van der Waals surface area contributed by atoms with Gasteiger partial charge in [0.05, 0.1) is 5.69 Å². The highest BCUT2D eigenvalue weighted by molar-refractivity contribution is 6.13. The van der Waals surface area contributed by atoms with Crippen molar-refractivity contribution < 1.29 is 4.79 Å². The Kier molecular flexibility index (Phi) is 4.29. The minimum absolute atomic E-state index is 0.142. The van der Waals surface area contributed by atoms with E-state index in [1.807, 2.05) is 85.8 Å². The third-order valence-electron chi connectivity index (χ3n) is 5.29. The molecule has 0 radical (unpaired) electrons. The molecule has 5 nitrogen and oxygen atoms in total. The molecule has 0 unspecified atom stereocenters. The van der Waals surface area contributed by atoms with Crippen molar-refractivity contribution in [3.05, 3.63) is 95.6 Å². The number of aromatic nitrogens is 3. The monoisotopic (exact) mass is 392 g/mol. The first-order valence-electron chi connectivity index (χ1n) is 9.82. The van der Waals surface area contributed by atoms with E-state index in [0.29, 0.717) is 11.3 Å². The van der Waals surface area contributed by atoms with Crippen LogP contribution in [0, 0.1) is 13.8 Å². The molecule has 5 heteroatoms. The molecule has 1 heterocycles. The zero-order chi connectivity index (χ0) is 20.7. The minimum Gasteiger partial charge on any atom is -0.322 e. The molecule has 0 aliphatic carbocycles. The summed E-state index contributed by atoms with van der Waals surface area (Å²) in [5, 5.41) is 14.1. The highest BCUT2D eigenvalue weighted by Gasteiger charge is 2.13. The van der Waals surface area contributed by atoms with Crippen molar-refractivity contribution in [3.63, 3.8) is 0 Å². The first kappa shape index (κ1) is 18.1. The Hall–Kier alpha value is -3.99. The smallest absolute Gasteiger partial charge is 0.256 e. The molecule has 5 rings (SSSR count). The van der Waals surface area contributed by atoms with E-state index in [0.717, 1.165) is 33.1 Å². The minimum atomic E-state index is -0.142. The average Bonchev–Trinajstić information content (AvgIpc) is 3.18. The topological polar surface area (TPSA) is 59.8 Å². The lowest BCUT2D eigenvalue weighted by atomic mass is 10.00. The molecule has 146 valence electrons. The molecule has 5 aromatic rings. The van der Waals surface area contributed by atoms with Crippen molar-refractivity contribution in [2.75, 3.05) is 5.32 Å². The Labute approximate surface area is 174 Å². The van der Waals surface area contributed by atoms with E-state index in [1.165, 1.54) is 5.56 Å². The molecule has 0 aliphatic heterocycles. The fraction of sp³-hybridized carbons (Fsp3) is 0.0800. The molecule has 0 saturated heterocycles. The van der Waals surface area contributed by atoms with Gasteiger partial charge in [-0.05, 0) is 66.6 Å². The summed E-state index contributed by atoms with van der Waals surface area (Å²) in [6.07, 6.45) is 0. The van der Waals surface area contributed by atoms with Crippen LogP contribution in [0.2, 0.25) is 0 Å². The summed E-state index contributed by atoms with van der Waals surface area (Å²) in [7, 11) is 0. The molecular weight excluding hydrogens is 372 g/mol. The number of aryl methyl sites for hydroxylation is 2. The maximum Gasteiger partial charge on any atom is 0.256 e. The number of carbonyl (C=O) groups excluding carboxylic acids is 1. The number of benzene rings is 4. The second-order valence-corrected chi connectivity index (χ2v) is 7.46. The number of hydrogen-bond acceptors (Lipinski definition) is 3. The fourth-order valence-corrected chi connectivity index (χ4v) is 3.63. The summed E-state index contributed by atoms with van der Waals surface area (Å²) in [6.45, 7) is 4.10. The van der Waals surface area contributed by atoms with Crippen molar-refractivity contribution in [1.82, 2.24) is 15.0 Å². The number of amides is 1. The van der Waals surface area contributed by atoms with Crippen molar-refractivity contribution in [1.29, 1.82) is 0 Å². The summed E-state index contributed by atoms with van der Waals surface area (Å²) in [4.78, 5) is 14.6. The van der Waals surface area contributed by atoms with Crippen LogP contribution in [-0.4, -0.2) is 20.9 Å². The molecule has 0 aliphatic rings. The largest absolute Gasteiger partial charge is 0.322 e. The number of nitrogens with zero attached hydrogens (tertiary/aromatic N) is 3. The van der Waals surface area contributed by atoms with E-state index >= 15 is 0 Å². The Bertz CT molecular complexity index is 1400. The highest BCUT2D eigenvalue weighted by atomic mass is 16.1. The average molecular weight is 392 g/mol. The number of carbonyl (C=O) groups is 1. The maximum atomic E-state index is 13.0. The zero-order valence-corrected chi connectivity index (χ0v) is 16.8. The lowest BCUT2D eigenvalue weighted by Gasteiger charge is -2.10. The standard InChI is InChI=1S/C25H20N4O/c1-16-7-11-19(12-8-16)29-27-23-14-10-18(15-24(23)28-29)26-25(30)22-13-9-17(2)20-5-3-4-6-21(20)22/h3-15H,1-2H3,(H,26,30). The Morgan fingerprint density at radius 2 is 1.53 bits per heavy atom. The van der Waals surface area contributed by atoms with Gasteiger partial charge < -0.3 is 5.32 Å². The van der Waals surface area contributed by atoms with Gasteiger partial charge in [0, 0.05) is 11.3 Å². The number of hydrogen-bond donors (Lipinski definition) is 1. The number of nitrogens with one attached hydrogen (secondary N) is 1. The highest BCUT2D eigenvalue weighted by Crippen LogP contribution is 2.24. The Morgan fingerprint density at radius 1 is 0.800 bits per heavy atom. The van der Waals surface area contributed by atoms with Crippen LogP contribution in [0.5, 0.6) is 0 Å². The molecule has 1 N–H and O–H groups in total. The molecule has 4 aromatic carbocycles. The second kappa shape index (κ2) is 7.12. The van der Waals surface area contributed by atoms with Gasteiger partial charge in [0.25, 0.3) is 5.91 Å². The van der Waals surface area contributed by atoms with Crippen LogP contribution in [0.3, 0.4) is 0 Å². The Morgan fingerprint density at radius 3 is 2.33 bits per heavy atom. The van der Waals surface area contributed by atoms with Crippen LogP contribution < -0.4 is 5.32 Å². The molecule has 0 bridgehead atoms. The summed E-state index contributed by atoms with van der Waals surface area (Å²) in [5.41, 5.74) is 6.07. The predicted molar refractivity (Wildman–Crippen MR) is 120 cm³/mol. The number of fused-ring (bicyclic) bond motifs is 2. The fourth-order valence-electron chi connectivity index (χ4n) is 3.63. The van der Waals surface area contributed by atoms with Crippen LogP contribution in [0.25, 0.3) is 27.5 Å². The second-order valence-electron chi connectivity index (χ2n) is 7.46. The van der Waals surface area contributed by atoms with Crippen molar-refractivity contribution >= 4 is 33.4 Å². The molecule has 0 fully saturated rings. The lowest BCUT2D eigenvalue weighted by Crippen LogP contribution is -2.12. The van der Waals surface area contributed by atoms with Gasteiger partial charge in [-0.3, -0.25) is 4.79 Å². The van der Waals surface area contributed by atoms with Gasteiger partial charge in [-0.25, -0.2) is 0 Å². The van der Waals surface area contributed by atoms with Gasteiger partial charge >= 0.3 is 0 Å². The SMILES string of the molecule is Cc1ccc(-n2nc3ccc(NC(=O)c4ccc(C)c5ccccc45)cc3n2)cc1. The van der Waals surface area contributed by atoms with E-state index in [9.17, 15) is 4.79 Å². The van der Waals surface area contributed by atoms with Gasteiger partial charge in [0.15, 0.2) is 0 Å². The number of rotatable bonds is 3. The van der Waals surface area contributed by atoms with Crippen LogP contribution in [0.4, 0.5) is 5.69 Å². The van der Waals surface area contributed by atoms with Gasteiger partial charge in [-0.1, -0.05) is 48.0 Å². The molecule has 0 atom stereocenters. The molecule has 0 spiro atoms. The molecule has 30 heavy (non-hydrogen) atoms. The van der Waals surface area contributed by atoms with Crippen LogP contribution in [0.1, 0.15) is 21.5 Å². The van der Waals surface area contributed by atoms with Gasteiger partial charge in [0.2, 0.25) is 0 Å². The molecular formula is C25H20N4O. The van der Waals surface area contributed by atoms with Gasteiger partial charge in [-0.2, -0.15) is 4.80 Å². The predicted octanol–water partition coefficient (Wildman–Crippen LogP) is 5.44. The van der Waals surface area contributed by atoms with Crippen molar-refractivity contribution in [2.24, 2.45) is 0 Å². The van der Waals surface area contributed by atoms with Crippen molar-refractivity contribution in [3.8, 4) is 5.69 Å². The van der Waals surface area contributed by atoms with Gasteiger partial charge in [-0.15, -0.1) is 10.2 Å². The van der Waals surface area contributed by atoms with E-state index in [1.54, 1.807) is 4.80 Å². The first-order valence-corrected chi connectivity index (χ1v) is 9.82. The van der Waals surface area contributed by atoms with Crippen LogP contribution >= 0.6 is 0 Å². The van der Waals surface area contributed by atoms with Crippen LogP contribution in [-0.2, 0) is 0 Å². The molecule has 1 amide bonds. The van der Waals surface area contributed by atoms with E-state index in [2.05, 4.69) is 22.4 Å². The lowest BCUT2D eigenvalue weighted by molar-refractivity contribution is 0.102. The first-order chi connectivity index (χ1) is 14.6. The molecule has 0 saturated carbocycles. The summed E-state index contributed by atoms with van der Waals surface area (Å²) < 4.78 is 0. The summed E-state index contributed by atoms with van der Waals surface area (Å²) >= 11 is 0. The van der Waals surface area contributed by atoms with Crippen LogP contribution in [0.15, 0.2) is 78.9 Å². The summed E-state index contributed by atoms with van der Waals surface area (Å²) in [6, 6.07) is 25.4. The third-order valence-corrected chi connectivity index (χ3v) is 5.29. The van der Waals surface area contributed by atoms with E-state index in [4.69, 9.17) is 0 Å². The van der Waals surface area contributed by atoms with E-state index < -0.39 is 0 Å². The normalized spacial score (nSPS) is 11.1. The Balaban J connectivity index is 1.46. The number of anilines is 1. The van der Waals surface area contributed by atoms with Gasteiger partial charge in [0.1, 0.15) is 11.0 Å². The van der Waals surface area contributed by atoms with Crippen molar-refractivity contribution in [2.45, 2.75) is 13.8 Å². The molecule has 1 aromatic heterocycles.